The van der Waals surface area contributed by atoms with Crippen molar-refractivity contribution >= 4 is 27.3 Å². The standard InChI is InChI=1S/C17H21ClN2O2S/c18-15-8-5-10-17(13-15)23(21,22)20-16-9-4-7-14(12-16)6-2-1-3-11-19/h4-5,7-10,12-13,20H,1-3,6,11,19H2. The van der Waals surface area contributed by atoms with Gasteiger partial charge in [-0.3, -0.25) is 4.72 Å². The number of hydrogen-bond donors (Lipinski definition) is 2. The zero-order valence-corrected chi connectivity index (χ0v) is 14.4. The van der Waals surface area contributed by atoms with Crippen LogP contribution in [0.5, 0.6) is 0 Å². The van der Waals surface area contributed by atoms with E-state index >= 15 is 0 Å². The predicted octanol–water partition coefficient (Wildman–Crippen LogP) is 3.81. The van der Waals surface area contributed by atoms with Gasteiger partial charge in [-0.1, -0.05) is 36.2 Å². The van der Waals surface area contributed by atoms with E-state index in [0.717, 1.165) is 31.2 Å². The molecule has 124 valence electrons. The maximum atomic E-state index is 12.4. The van der Waals surface area contributed by atoms with Gasteiger partial charge in [-0.2, -0.15) is 0 Å². The lowest BCUT2D eigenvalue weighted by Crippen LogP contribution is -2.13. The second-order valence-electron chi connectivity index (χ2n) is 5.36. The molecule has 0 unspecified atom stereocenters. The first-order valence-electron chi connectivity index (χ1n) is 7.59. The Morgan fingerprint density at radius 1 is 1.00 bits per heavy atom. The van der Waals surface area contributed by atoms with Crippen molar-refractivity contribution in [2.75, 3.05) is 11.3 Å². The number of aryl methyl sites for hydroxylation is 1. The molecule has 2 aromatic carbocycles. The fourth-order valence-electron chi connectivity index (χ4n) is 2.29. The van der Waals surface area contributed by atoms with E-state index in [2.05, 4.69) is 4.72 Å². The van der Waals surface area contributed by atoms with Crippen LogP contribution in [0.2, 0.25) is 5.02 Å². The van der Waals surface area contributed by atoms with Gasteiger partial charge in [0.1, 0.15) is 0 Å². The fraction of sp³-hybridized carbons (Fsp3) is 0.294. The third-order valence-electron chi connectivity index (χ3n) is 3.46. The summed E-state index contributed by atoms with van der Waals surface area (Å²) in [6, 6.07) is 13.7. The van der Waals surface area contributed by atoms with Crippen LogP contribution >= 0.6 is 11.6 Å². The molecule has 0 radical (unpaired) electrons. The first-order valence-corrected chi connectivity index (χ1v) is 9.45. The van der Waals surface area contributed by atoms with Gasteiger partial charge >= 0.3 is 0 Å². The lowest BCUT2D eigenvalue weighted by Gasteiger charge is -2.10. The lowest BCUT2D eigenvalue weighted by molar-refractivity contribution is 0.601. The van der Waals surface area contributed by atoms with Crippen molar-refractivity contribution in [3.63, 3.8) is 0 Å². The minimum atomic E-state index is -3.63. The molecule has 2 aromatic rings. The van der Waals surface area contributed by atoms with E-state index in [0.29, 0.717) is 17.3 Å². The molecule has 0 spiro atoms. The van der Waals surface area contributed by atoms with Gasteiger partial charge < -0.3 is 5.73 Å². The van der Waals surface area contributed by atoms with Crippen LogP contribution in [-0.2, 0) is 16.4 Å². The van der Waals surface area contributed by atoms with Crippen LogP contribution in [0, 0.1) is 0 Å². The van der Waals surface area contributed by atoms with E-state index in [4.69, 9.17) is 17.3 Å². The number of unbranched alkanes of at least 4 members (excludes halogenated alkanes) is 2. The van der Waals surface area contributed by atoms with Crippen molar-refractivity contribution in [1.29, 1.82) is 0 Å². The van der Waals surface area contributed by atoms with E-state index in [1.54, 1.807) is 18.2 Å². The summed E-state index contributed by atoms with van der Waals surface area (Å²) in [4.78, 5) is 0.151. The Labute approximate surface area is 142 Å². The number of rotatable bonds is 8. The molecule has 23 heavy (non-hydrogen) atoms. The molecule has 4 nitrogen and oxygen atoms in total. The van der Waals surface area contributed by atoms with Crippen molar-refractivity contribution in [3.8, 4) is 0 Å². The van der Waals surface area contributed by atoms with E-state index in [1.807, 2.05) is 18.2 Å². The molecule has 2 rings (SSSR count). The molecule has 0 saturated heterocycles. The molecule has 0 heterocycles. The Bertz CT molecular complexity index is 748. The number of anilines is 1. The summed E-state index contributed by atoms with van der Waals surface area (Å²) in [5.41, 5.74) is 7.14. The second kappa shape index (κ2) is 8.34. The molecular formula is C17H21ClN2O2S. The number of nitrogens with two attached hydrogens (primary N) is 1. The van der Waals surface area contributed by atoms with Gasteiger partial charge in [-0.25, -0.2) is 8.42 Å². The zero-order chi connectivity index (χ0) is 16.7. The average Bonchev–Trinajstić information content (AvgIpc) is 2.52. The highest BCUT2D eigenvalue weighted by molar-refractivity contribution is 7.92. The van der Waals surface area contributed by atoms with Gasteiger partial charge in [0.2, 0.25) is 0 Å². The molecular weight excluding hydrogens is 332 g/mol. The summed E-state index contributed by atoms with van der Waals surface area (Å²) < 4.78 is 27.4. The molecule has 0 atom stereocenters. The highest BCUT2D eigenvalue weighted by Crippen LogP contribution is 2.20. The predicted molar refractivity (Wildman–Crippen MR) is 95.3 cm³/mol. The molecule has 0 aliphatic heterocycles. The van der Waals surface area contributed by atoms with Crippen LogP contribution < -0.4 is 10.5 Å². The van der Waals surface area contributed by atoms with Crippen molar-refractivity contribution in [1.82, 2.24) is 0 Å². The summed E-state index contributed by atoms with van der Waals surface area (Å²) in [6.07, 6.45) is 4.05. The zero-order valence-electron chi connectivity index (χ0n) is 12.8. The molecule has 0 aromatic heterocycles. The Balaban J connectivity index is 2.07. The Morgan fingerprint density at radius 3 is 2.52 bits per heavy atom. The molecule has 0 saturated carbocycles. The van der Waals surface area contributed by atoms with Crippen molar-refractivity contribution in [2.24, 2.45) is 5.73 Å². The van der Waals surface area contributed by atoms with Crippen molar-refractivity contribution < 1.29 is 8.42 Å². The van der Waals surface area contributed by atoms with Gasteiger partial charge in [0.05, 0.1) is 4.90 Å². The summed E-state index contributed by atoms with van der Waals surface area (Å²) in [7, 11) is -3.63. The molecule has 0 aliphatic rings. The van der Waals surface area contributed by atoms with E-state index in [-0.39, 0.29) is 4.90 Å². The normalized spacial score (nSPS) is 11.4. The SMILES string of the molecule is NCCCCCc1cccc(NS(=O)(=O)c2cccc(Cl)c2)c1. The summed E-state index contributed by atoms with van der Waals surface area (Å²) in [5, 5.41) is 0.390. The third kappa shape index (κ3) is 5.53. The van der Waals surface area contributed by atoms with Gasteiger partial charge in [-0.15, -0.1) is 0 Å². The molecule has 6 heteroatoms. The van der Waals surface area contributed by atoms with Crippen LogP contribution in [-0.4, -0.2) is 15.0 Å². The Kier molecular flexibility index (Phi) is 6.45. The topological polar surface area (TPSA) is 72.2 Å². The van der Waals surface area contributed by atoms with E-state index < -0.39 is 10.0 Å². The highest BCUT2D eigenvalue weighted by Gasteiger charge is 2.14. The Morgan fingerprint density at radius 2 is 1.78 bits per heavy atom. The minimum Gasteiger partial charge on any atom is -0.330 e. The summed E-state index contributed by atoms with van der Waals surface area (Å²) in [5.74, 6) is 0. The fourth-order valence-corrected chi connectivity index (χ4v) is 3.64. The maximum absolute atomic E-state index is 12.4. The summed E-state index contributed by atoms with van der Waals surface area (Å²) >= 11 is 5.86. The van der Waals surface area contributed by atoms with E-state index in [1.165, 1.54) is 12.1 Å². The number of nitrogens with one attached hydrogen (secondary N) is 1. The van der Waals surface area contributed by atoms with Crippen molar-refractivity contribution in [3.05, 3.63) is 59.1 Å². The van der Waals surface area contributed by atoms with Gasteiger partial charge in [0.25, 0.3) is 10.0 Å². The van der Waals surface area contributed by atoms with Gasteiger partial charge in [-0.05, 0) is 61.7 Å². The molecule has 3 N–H and O–H groups in total. The van der Waals surface area contributed by atoms with Crippen LogP contribution in [0.4, 0.5) is 5.69 Å². The number of benzene rings is 2. The monoisotopic (exact) mass is 352 g/mol. The molecule has 0 amide bonds. The minimum absolute atomic E-state index is 0.151. The molecule has 0 aliphatic carbocycles. The second-order valence-corrected chi connectivity index (χ2v) is 7.48. The molecule has 0 bridgehead atoms. The average molecular weight is 353 g/mol. The molecule has 0 fully saturated rings. The van der Waals surface area contributed by atoms with Crippen LogP contribution in [0.1, 0.15) is 24.8 Å². The largest absolute Gasteiger partial charge is 0.330 e. The van der Waals surface area contributed by atoms with Gasteiger partial charge in [0.15, 0.2) is 0 Å². The van der Waals surface area contributed by atoms with Gasteiger partial charge in [0, 0.05) is 10.7 Å². The van der Waals surface area contributed by atoms with Crippen LogP contribution in [0.15, 0.2) is 53.4 Å². The highest BCUT2D eigenvalue weighted by atomic mass is 35.5. The first kappa shape index (κ1) is 17.8. The third-order valence-corrected chi connectivity index (χ3v) is 5.07. The first-order chi connectivity index (χ1) is 11.0. The van der Waals surface area contributed by atoms with Crippen LogP contribution in [0.3, 0.4) is 0 Å². The van der Waals surface area contributed by atoms with Crippen LogP contribution in [0.25, 0.3) is 0 Å². The number of halogens is 1. The lowest BCUT2D eigenvalue weighted by atomic mass is 10.1. The summed E-state index contributed by atoms with van der Waals surface area (Å²) in [6.45, 7) is 0.708. The smallest absolute Gasteiger partial charge is 0.261 e. The number of sulfonamides is 1. The number of hydrogen-bond acceptors (Lipinski definition) is 3. The maximum Gasteiger partial charge on any atom is 0.261 e. The quantitative estimate of drug-likeness (QED) is 0.709. The van der Waals surface area contributed by atoms with E-state index in [9.17, 15) is 8.42 Å². The Hall–Kier alpha value is -1.56. The van der Waals surface area contributed by atoms with Crippen molar-refractivity contribution in [2.45, 2.75) is 30.6 Å².